The highest BCUT2D eigenvalue weighted by atomic mass is 16.5. The molecule has 0 atom stereocenters. The average molecular weight is 226 g/mol. The van der Waals surface area contributed by atoms with Crippen molar-refractivity contribution in [2.75, 3.05) is 32.8 Å². The molecule has 2 rings (SSSR count). The second kappa shape index (κ2) is 6.21. The van der Waals surface area contributed by atoms with Crippen molar-refractivity contribution in [1.82, 2.24) is 10.2 Å². The minimum atomic E-state index is 0.189. The SMILES string of the molecule is O=C(CN1CCCCC1)NC1CCOCC1. The van der Waals surface area contributed by atoms with Crippen LogP contribution in [0.5, 0.6) is 0 Å². The van der Waals surface area contributed by atoms with Crippen LogP contribution in [0.2, 0.25) is 0 Å². The van der Waals surface area contributed by atoms with Gasteiger partial charge in [-0.25, -0.2) is 0 Å². The van der Waals surface area contributed by atoms with Crippen LogP contribution in [0.1, 0.15) is 32.1 Å². The summed E-state index contributed by atoms with van der Waals surface area (Å²) in [4.78, 5) is 14.0. The zero-order valence-corrected chi connectivity index (χ0v) is 9.91. The number of carbonyl (C=O) groups is 1. The molecule has 0 bridgehead atoms. The summed E-state index contributed by atoms with van der Waals surface area (Å²) in [7, 11) is 0. The Morgan fingerprint density at radius 3 is 2.56 bits per heavy atom. The Morgan fingerprint density at radius 1 is 1.19 bits per heavy atom. The zero-order chi connectivity index (χ0) is 11.2. The molecule has 0 spiro atoms. The van der Waals surface area contributed by atoms with Gasteiger partial charge in [-0.3, -0.25) is 9.69 Å². The van der Waals surface area contributed by atoms with E-state index in [-0.39, 0.29) is 5.91 Å². The molecule has 0 aromatic carbocycles. The molecule has 2 fully saturated rings. The summed E-state index contributed by atoms with van der Waals surface area (Å²) in [5.41, 5.74) is 0. The quantitative estimate of drug-likeness (QED) is 0.773. The first-order chi connectivity index (χ1) is 7.84. The number of ether oxygens (including phenoxy) is 1. The number of carbonyl (C=O) groups excluding carboxylic acids is 1. The second-order valence-electron chi connectivity index (χ2n) is 4.79. The minimum absolute atomic E-state index is 0.189. The molecule has 2 heterocycles. The zero-order valence-electron chi connectivity index (χ0n) is 9.91. The molecule has 1 N–H and O–H groups in total. The summed E-state index contributed by atoms with van der Waals surface area (Å²) >= 11 is 0. The molecule has 2 aliphatic heterocycles. The first kappa shape index (κ1) is 11.9. The molecule has 0 aromatic heterocycles. The van der Waals surface area contributed by atoms with Gasteiger partial charge >= 0.3 is 0 Å². The number of nitrogens with one attached hydrogen (secondary N) is 1. The number of piperidine rings is 1. The van der Waals surface area contributed by atoms with Gasteiger partial charge < -0.3 is 10.1 Å². The molecule has 2 saturated heterocycles. The Hall–Kier alpha value is -0.610. The molecule has 0 radical (unpaired) electrons. The van der Waals surface area contributed by atoms with E-state index in [4.69, 9.17) is 4.74 Å². The van der Waals surface area contributed by atoms with Gasteiger partial charge in [-0.1, -0.05) is 6.42 Å². The Labute approximate surface area is 97.3 Å². The summed E-state index contributed by atoms with van der Waals surface area (Å²) in [5.74, 6) is 0.189. The van der Waals surface area contributed by atoms with Gasteiger partial charge in [0.2, 0.25) is 5.91 Å². The lowest BCUT2D eigenvalue weighted by Gasteiger charge is -2.28. The van der Waals surface area contributed by atoms with Crippen LogP contribution in [-0.2, 0) is 9.53 Å². The van der Waals surface area contributed by atoms with Crippen molar-refractivity contribution in [3.05, 3.63) is 0 Å². The van der Waals surface area contributed by atoms with Crippen LogP contribution in [0.4, 0.5) is 0 Å². The molecule has 0 saturated carbocycles. The van der Waals surface area contributed by atoms with Crippen molar-refractivity contribution in [2.45, 2.75) is 38.1 Å². The van der Waals surface area contributed by atoms with Crippen molar-refractivity contribution >= 4 is 5.91 Å². The van der Waals surface area contributed by atoms with Crippen LogP contribution in [-0.4, -0.2) is 49.7 Å². The lowest BCUT2D eigenvalue weighted by molar-refractivity contribution is -0.123. The molecule has 4 heteroatoms. The van der Waals surface area contributed by atoms with Crippen LogP contribution in [0.25, 0.3) is 0 Å². The summed E-state index contributed by atoms with van der Waals surface area (Å²) in [6.07, 6.45) is 5.73. The molecule has 2 aliphatic rings. The van der Waals surface area contributed by atoms with Crippen LogP contribution >= 0.6 is 0 Å². The molecular formula is C12H22N2O2. The van der Waals surface area contributed by atoms with Gasteiger partial charge in [0, 0.05) is 19.3 Å². The number of rotatable bonds is 3. The number of nitrogens with zero attached hydrogens (tertiary/aromatic N) is 1. The number of likely N-dealkylation sites (tertiary alicyclic amines) is 1. The van der Waals surface area contributed by atoms with Gasteiger partial charge in [0.05, 0.1) is 6.54 Å². The number of hydrogen-bond acceptors (Lipinski definition) is 3. The third kappa shape index (κ3) is 3.76. The summed E-state index contributed by atoms with van der Waals surface area (Å²) in [5, 5.41) is 3.11. The van der Waals surface area contributed by atoms with E-state index < -0.39 is 0 Å². The molecule has 1 amide bonds. The Kier molecular flexibility index (Phi) is 4.60. The third-order valence-electron chi connectivity index (χ3n) is 3.40. The normalized spacial score (nSPS) is 24.2. The van der Waals surface area contributed by atoms with Crippen molar-refractivity contribution in [3.8, 4) is 0 Å². The van der Waals surface area contributed by atoms with E-state index in [0.29, 0.717) is 12.6 Å². The highest BCUT2D eigenvalue weighted by molar-refractivity contribution is 5.78. The van der Waals surface area contributed by atoms with Gasteiger partial charge in [-0.05, 0) is 38.8 Å². The van der Waals surface area contributed by atoms with Crippen LogP contribution in [0, 0.1) is 0 Å². The maximum Gasteiger partial charge on any atom is 0.234 e. The summed E-state index contributed by atoms with van der Waals surface area (Å²) < 4.78 is 5.27. The Morgan fingerprint density at radius 2 is 1.88 bits per heavy atom. The van der Waals surface area contributed by atoms with Crippen LogP contribution in [0.15, 0.2) is 0 Å². The molecular weight excluding hydrogens is 204 g/mol. The molecule has 16 heavy (non-hydrogen) atoms. The Balaban J connectivity index is 1.66. The van der Waals surface area contributed by atoms with Crippen molar-refractivity contribution in [3.63, 3.8) is 0 Å². The molecule has 0 aromatic rings. The average Bonchev–Trinajstić information content (AvgIpc) is 2.31. The maximum atomic E-state index is 11.8. The number of hydrogen-bond donors (Lipinski definition) is 1. The van der Waals surface area contributed by atoms with E-state index >= 15 is 0 Å². The Bertz CT molecular complexity index is 199. The first-order valence-corrected chi connectivity index (χ1v) is 6.44. The fraction of sp³-hybridized carbons (Fsp3) is 0.917. The van der Waals surface area contributed by atoms with E-state index in [0.717, 1.165) is 39.1 Å². The second-order valence-corrected chi connectivity index (χ2v) is 4.79. The standard InChI is InChI=1S/C12H22N2O2/c15-12(10-14-6-2-1-3-7-14)13-11-4-8-16-9-5-11/h11H,1-10H2,(H,13,15). The lowest BCUT2D eigenvalue weighted by atomic mass is 10.1. The van der Waals surface area contributed by atoms with E-state index in [1.807, 2.05) is 0 Å². The van der Waals surface area contributed by atoms with E-state index in [9.17, 15) is 4.79 Å². The minimum Gasteiger partial charge on any atom is -0.381 e. The van der Waals surface area contributed by atoms with E-state index in [1.54, 1.807) is 0 Å². The van der Waals surface area contributed by atoms with E-state index in [2.05, 4.69) is 10.2 Å². The van der Waals surface area contributed by atoms with Crippen molar-refractivity contribution < 1.29 is 9.53 Å². The first-order valence-electron chi connectivity index (χ1n) is 6.44. The predicted octanol–water partition coefficient (Wildman–Crippen LogP) is 0.767. The van der Waals surface area contributed by atoms with Crippen molar-refractivity contribution in [1.29, 1.82) is 0 Å². The van der Waals surface area contributed by atoms with Gasteiger partial charge in [0.1, 0.15) is 0 Å². The maximum absolute atomic E-state index is 11.8. The van der Waals surface area contributed by atoms with Gasteiger partial charge in [-0.2, -0.15) is 0 Å². The van der Waals surface area contributed by atoms with Crippen molar-refractivity contribution in [2.24, 2.45) is 0 Å². The third-order valence-corrected chi connectivity index (χ3v) is 3.40. The smallest absolute Gasteiger partial charge is 0.234 e. The molecule has 0 unspecified atom stereocenters. The fourth-order valence-corrected chi connectivity index (χ4v) is 2.44. The molecule has 0 aliphatic carbocycles. The summed E-state index contributed by atoms with van der Waals surface area (Å²) in [6.45, 7) is 4.32. The predicted molar refractivity (Wildman–Crippen MR) is 62.3 cm³/mol. The van der Waals surface area contributed by atoms with Crippen LogP contribution in [0.3, 0.4) is 0 Å². The van der Waals surface area contributed by atoms with Gasteiger partial charge in [0.25, 0.3) is 0 Å². The van der Waals surface area contributed by atoms with E-state index in [1.165, 1.54) is 19.3 Å². The summed E-state index contributed by atoms with van der Waals surface area (Å²) in [6, 6.07) is 0.339. The van der Waals surface area contributed by atoms with Gasteiger partial charge in [0.15, 0.2) is 0 Å². The largest absolute Gasteiger partial charge is 0.381 e. The number of amides is 1. The lowest BCUT2D eigenvalue weighted by Crippen LogP contribution is -2.45. The molecule has 92 valence electrons. The van der Waals surface area contributed by atoms with Crippen LogP contribution < -0.4 is 5.32 Å². The highest BCUT2D eigenvalue weighted by Crippen LogP contribution is 2.09. The fourth-order valence-electron chi connectivity index (χ4n) is 2.44. The molecule has 4 nitrogen and oxygen atoms in total. The highest BCUT2D eigenvalue weighted by Gasteiger charge is 2.18. The topological polar surface area (TPSA) is 41.6 Å². The monoisotopic (exact) mass is 226 g/mol. The van der Waals surface area contributed by atoms with Gasteiger partial charge in [-0.15, -0.1) is 0 Å².